The van der Waals surface area contributed by atoms with Crippen LogP contribution in [0, 0.1) is 11.3 Å². The largest absolute Gasteiger partial charge is 0.481 e. The Morgan fingerprint density at radius 2 is 2.23 bits per heavy atom. The molecule has 2 atom stereocenters. The Kier molecular flexibility index (Phi) is 2.66. The highest BCUT2D eigenvalue weighted by atomic mass is 79.9. The Morgan fingerprint density at radius 3 is 2.62 bits per heavy atom. The fourth-order valence-electron chi connectivity index (χ4n) is 1.53. The first-order valence-electron chi connectivity index (χ1n) is 4.18. The standard InChI is InChI=1S/C10H13BrO2/c1-6-4-8(11)5-7(2)10(6,3)9(12)13/h4-6H,1-3H3,(H,12,13). The van der Waals surface area contributed by atoms with Crippen molar-refractivity contribution in [2.45, 2.75) is 20.8 Å². The SMILES string of the molecule is CC1=CC(Br)=CC(C)C1(C)C(=O)O. The summed E-state index contributed by atoms with van der Waals surface area (Å²) in [5, 5.41) is 9.14. The van der Waals surface area contributed by atoms with Gasteiger partial charge in [0, 0.05) is 4.48 Å². The van der Waals surface area contributed by atoms with Crippen LogP contribution < -0.4 is 0 Å². The van der Waals surface area contributed by atoms with E-state index in [1.54, 1.807) is 6.92 Å². The predicted molar refractivity (Wildman–Crippen MR) is 55.7 cm³/mol. The van der Waals surface area contributed by atoms with Crippen molar-refractivity contribution in [3.63, 3.8) is 0 Å². The van der Waals surface area contributed by atoms with Gasteiger partial charge in [0.1, 0.15) is 0 Å². The highest BCUT2D eigenvalue weighted by Gasteiger charge is 2.41. The lowest BCUT2D eigenvalue weighted by Crippen LogP contribution is -2.36. The molecule has 0 aromatic heterocycles. The zero-order valence-electron chi connectivity index (χ0n) is 7.97. The Balaban J connectivity index is 3.16. The van der Waals surface area contributed by atoms with Crippen LogP contribution in [0.1, 0.15) is 20.8 Å². The van der Waals surface area contributed by atoms with Gasteiger partial charge in [-0.3, -0.25) is 4.79 Å². The second-order valence-corrected chi connectivity index (χ2v) is 4.59. The lowest BCUT2D eigenvalue weighted by Gasteiger charge is -2.33. The second-order valence-electron chi connectivity index (χ2n) is 3.68. The minimum atomic E-state index is -0.759. The number of aliphatic carboxylic acids is 1. The van der Waals surface area contributed by atoms with E-state index < -0.39 is 11.4 Å². The molecule has 3 heteroatoms. The molecule has 1 N–H and O–H groups in total. The summed E-state index contributed by atoms with van der Waals surface area (Å²) in [5.74, 6) is -0.741. The zero-order valence-corrected chi connectivity index (χ0v) is 9.55. The normalized spacial score (nSPS) is 33.7. The molecule has 0 bridgehead atoms. The average Bonchev–Trinajstić information content (AvgIpc) is 1.99. The third kappa shape index (κ3) is 1.57. The number of hydrogen-bond acceptors (Lipinski definition) is 1. The number of rotatable bonds is 1. The molecule has 0 fully saturated rings. The van der Waals surface area contributed by atoms with Crippen molar-refractivity contribution in [1.29, 1.82) is 0 Å². The number of carbonyl (C=O) groups is 1. The van der Waals surface area contributed by atoms with E-state index in [0.29, 0.717) is 0 Å². The summed E-state index contributed by atoms with van der Waals surface area (Å²) < 4.78 is 0.969. The number of hydrogen-bond donors (Lipinski definition) is 1. The number of allylic oxidation sites excluding steroid dienone is 3. The van der Waals surface area contributed by atoms with E-state index >= 15 is 0 Å². The lowest BCUT2D eigenvalue weighted by atomic mass is 9.70. The monoisotopic (exact) mass is 244 g/mol. The maximum absolute atomic E-state index is 11.1. The molecule has 1 aliphatic rings. The van der Waals surface area contributed by atoms with Crippen LogP contribution in [0.5, 0.6) is 0 Å². The van der Waals surface area contributed by atoms with Gasteiger partial charge in [0.15, 0.2) is 0 Å². The quantitative estimate of drug-likeness (QED) is 0.771. The predicted octanol–water partition coefficient (Wildman–Crippen LogP) is 2.95. The third-order valence-electron chi connectivity index (χ3n) is 2.94. The summed E-state index contributed by atoms with van der Waals surface area (Å²) in [4.78, 5) is 11.1. The van der Waals surface area contributed by atoms with E-state index in [1.807, 2.05) is 26.0 Å². The van der Waals surface area contributed by atoms with Crippen LogP contribution in [-0.2, 0) is 4.79 Å². The van der Waals surface area contributed by atoms with Gasteiger partial charge in [0.2, 0.25) is 0 Å². The maximum Gasteiger partial charge on any atom is 0.314 e. The smallest absolute Gasteiger partial charge is 0.314 e. The summed E-state index contributed by atoms with van der Waals surface area (Å²) in [6.07, 6.45) is 3.80. The van der Waals surface area contributed by atoms with Crippen LogP contribution in [0.3, 0.4) is 0 Å². The summed E-state index contributed by atoms with van der Waals surface area (Å²) in [7, 11) is 0. The summed E-state index contributed by atoms with van der Waals surface area (Å²) in [6.45, 7) is 5.55. The van der Waals surface area contributed by atoms with Gasteiger partial charge in [-0.15, -0.1) is 0 Å². The van der Waals surface area contributed by atoms with Crippen LogP contribution in [-0.4, -0.2) is 11.1 Å². The minimum Gasteiger partial charge on any atom is -0.481 e. The number of carboxylic acid groups (broad SMARTS) is 1. The molecule has 2 nitrogen and oxygen atoms in total. The first kappa shape index (κ1) is 10.5. The molecular weight excluding hydrogens is 232 g/mol. The zero-order chi connectivity index (χ0) is 10.2. The Hall–Kier alpha value is -0.570. The molecule has 1 rings (SSSR count). The van der Waals surface area contributed by atoms with Gasteiger partial charge in [0.25, 0.3) is 0 Å². The fourth-order valence-corrected chi connectivity index (χ4v) is 2.27. The first-order valence-corrected chi connectivity index (χ1v) is 4.98. The minimum absolute atomic E-state index is 0.0179. The van der Waals surface area contributed by atoms with Gasteiger partial charge in [-0.05, 0) is 25.8 Å². The molecule has 0 saturated carbocycles. The van der Waals surface area contributed by atoms with Gasteiger partial charge in [-0.2, -0.15) is 0 Å². The van der Waals surface area contributed by atoms with Crippen molar-refractivity contribution in [3.05, 3.63) is 22.2 Å². The van der Waals surface area contributed by atoms with E-state index in [1.165, 1.54) is 0 Å². The molecule has 0 amide bonds. The molecule has 0 saturated heterocycles. The lowest BCUT2D eigenvalue weighted by molar-refractivity contribution is -0.147. The van der Waals surface area contributed by atoms with E-state index in [9.17, 15) is 4.79 Å². The molecular formula is C10H13BrO2. The van der Waals surface area contributed by atoms with Crippen molar-refractivity contribution in [2.24, 2.45) is 11.3 Å². The third-order valence-corrected chi connectivity index (χ3v) is 3.43. The van der Waals surface area contributed by atoms with Gasteiger partial charge in [-0.25, -0.2) is 0 Å². The van der Waals surface area contributed by atoms with Crippen LogP contribution >= 0.6 is 15.9 Å². The van der Waals surface area contributed by atoms with E-state index in [0.717, 1.165) is 10.1 Å². The topological polar surface area (TPSA) is 37.3 Å². The average molecular weight is 245 g/mol. The van der Waals surface area contributed by atoms with E-state index in [-0.39, 0.29) is 5.92 Å². The molecule has 13 heavy (non-hydrogen) atoms. The highest BCUT2D eigenvalue weighted by Crippen LogP contribution is 2.41. The van der Waals surface area contributed by atoms with Crippen molar-refractivity contribution in [3.8, 4) is 0 Å². The van der Waals surface area contributed by atoms with Crippen molar-refractivity contribution in [1.82, 2.24) is 0 Å². The molecule has 0 aromatic rings. The van der Waals surface area contributed by atoms with Gasteiger partial charge < -0.3 is 5.11 Å². The molecule has 1 aliphatic carbocycles. The Bertz CT molecular complexity index is 304. The molecule has 0 radical (unpaired) electrons. The number of carboxylic acids is 1. The molecule has 72 valence electrons. The van der Waals surface area contributed by atoms with Crippen LogP contribution in [0.2, 0.25) is 0 Å². The Labute approximate surface area is 86.5 Å². The van der Waals surface area contributed by atoms with Gasteiger partial charge in [-0.1, -0.05) is 34.5 Å². The van der Waals surface area contributed by atoms with Crippen molar-refractivity contribution in [2.75, 3.05) is 0 Å². The van der Waals surface area contributed by atoms with Crippen LogP contribution in [0.4, 0.5) is 0 Å². The maximum atomic E-state index is 11.1. The highest BCUT2D eigenvalue weighted by molar-refractivity contribution is 9.11. The van der Waals surface area contributed by atoms with Gasteiger partial charge in [0.05, 0.1) is 5.41 Å². The van der Waals surface area contributed by atoms with E-state index in [2.05, 4.69) is 15.9 Å². The molecule has 0 aliphatic heterocycles. The number of halogens is 1. The Morgan fingerprint density at radius 1 is 1.69 bits per heavy atom. The molecule has 0 heterocycles. The van der Waals surface area contributed by atoms with Crippen molar-refractivity contribution >= 4 is 21.9 Å². The molecule has 0 aromatic carbocycles. The molecule has 2 unspecified atom stereocenters. The second kappa shape index (κ2) is 3.29. The van der Waals surface area contributed by atoms with Crippen LogP contribution in [0.25, 0.3) is 0 Å². The molecule has 0 spiro atoms. The summed E-state index contributed by atoms with van der Waals surface area (Å²) in [5.41, 5.74) is 0.138. The van der Waals surface area contributed by atoms with E-state index in [4.69, 9.17) is 5.11 Å². The van der Waals surface area contributed by atoms with Crippen molar-refractivity contribution < 1.29 is 9.90 Å². The summed E-state index contributed by atoms with van der Waals surface area (Å²) >= 11 is 3.36. The van der Waals surface area contributed by atoms with Gasteiger partial charge >= 0.3 is 5.97 Å². The van der Waals surface area contributed by atoms with Crippen LogP contribution in [0.15, 0.2) is 22.2 Å². The summed E-state index contributed by atoms with van der Waals surface area (Å²) in [6, 6.07) is 0. The first-order chi connectivity index (χ1) is 5.89. The fraction of sp³-hybridized carbons (Fsp3) is 0.500.